The number of carbonyl (C=O) groups is 1. The largest absolute Gasteiger partial charge is 0.506 e. The molecular formula is C19H24N2O4. The van der Waals surface area contributed by atoms with Crippen LogP contribution in [0, 0.1) is 0 Å². The number of phenols is 1. The second-order valence-electron chi connectivity index (χ2n) is 5.92. The number of aliphatic hydroxyl groups excluding tert-OH is 1. The SMILES string of the molecule is COc1ccc(C[C@@H](C)NCC(O)c2ccc(O)c(NC=O)c2)cc1. The molecule has 1 amide bonds. The quantitative estimate of drug-likeness (QED) is 0.414. The third-order valence-electron chi connectivity index (χ3n) is 3.98. The number of rotatable bonds is 9. The fourth-order valence-electron chi connectivity index (χ4n) is 2.56. The van der Waals surface area contributed by atoms with Gasteiger partial charge in [0.15, 0.2) is 0 Å². The van der Waals surface area contributed by atoms with Gasteiger partial charge in [0.1, 0.15) is 11.5 Å². The molecule has 6 nitrogen and oxygen atoms in total. The van der Waals surface area contributed by atoms with E-state index in [0.717, 1.165) is 12.2 Å². The highest BCUT2D eigenvalue weighted by molar-refractivity contribution is 5.75. The number of anilines is 1. The van der Waals surface area contributed by atoms with Gasteiger partial charge >= 0.3 is 0 Å². The number of carbonyl (C=O) groups excluding carboxylic acids is 1. The molecule has 0 bridgehead atoms. The van der Waals surface area contributed by atoms with E-state index in [1.165, 1.54) is 11.6 Å². The lowest BCUT2D eigenvalue weighted by molar-refractivity contribution is -0.105. The average molecular weight is 344 g/mol. The summed E-state index contributed by atoms with van der Waals surface area (Å²) in [6.45, 7) is 2.41. The number of methoxy groups -OCH3 is 1. The molecule has 0 aromatic heterocycles. The second-order valence-corrected chi connectivity index (χ2v) is 5.92. The van der Waals surface area contributed by atoms with E-state index in [1.54, 1.807) is 19.2 Å². The molecule has 2 aromatic rings. The average Bonchev–Trinajstić information content (AvgIpc) is 2.62. The topological polar surface area (TPSA) is 90.8 Å². The predicted octanol–water partition coefficient (Wildman–Crippen LogP) is 2.22. The molecule has 0 spiro atoms. The molecule has 6 heteroatoms. The number of amides is 1. The molecule has 0 radical (unpaired) electrons. The van der Waals surface area contributed by atoms with Crippen molar-refractivity contribution in [3.8, 4) is 11.5 Å². The Morgan fingerprint density at radius 3 is 2.56 bits per heavy atom. The van der Waals surface area contributed by atoms with Crippen LogP contribution < -0.4 is 15.4 Å². The molecule has 2 rings (SSSR count). The number of hydrogen-bond donors (Lipinski definition) is 4. The number of nitrogens with one attached hydrogen (secondary N) is 2. The highest BCUT2D eigenvalue weighted by atomic mass is 16.5. The van der Waals surface area contributed by atoms with E-state index in [1.807, 2.05) is 31.2 Å². The molecule has 0 aliphatic carbocycles. The van der Waals surface area contributed by atoms with E-state index < -0.39 is 6.10 Å². The van der Waals surface area contributed by atoms with Crippen LogP contribution in [0.15, 0.2) is 42.5 Å². The third-order valence-corrected chi connectivity index (χ3v) is 3.98. The van der Waals surface area contributed by atoms with E-state index in [0.29, 0.717) is 18.5 Å². The Balaban J connectivity index is 1.88. The molecule has 134 valence electrons. The number of hydrogen-bond acceptors (Lipinski definition) is 5. The zero-order chi connectivity index (χ0) is 18.2. The Hall–Kier alpha value is -2.57. The molecule has 0 saturated heterocycles. The predicted molar refractivity (Wildman–Crippen MR) is 96.9 cm³/mol. The molecule has 25 heavy (non-hydrogen) atoms. The molecule has 4 N–H and O–H groups in total. The van der Waals surface area contributed by atoms with Crippen molar-refractivity contribution >= 4 is 12.1 Å². The number of phenolic OH excluding ortho intramolecular Hbond substituents is 1. The van der Waals surface area contributed by atoms with Gasteiger partial charge < -0.3 is 25.6 Å². The molecule has 0 heterocycles. The Morgan fingerprint density at radius 1 is 1.20 bits per heavy atom. The summed E-state index contributed by atoms with van der Waals surface area (Å²) in [5.41, 5.74) is 2.07. The van der Waals surface area contributed by atoms with Gasteiger partial charge in [0, 0.05) is 12.6 Å². The van der Waals surface area contributed by atoms with Crippen LogP contribution in [0.2, 0.25) is 0 Å². The fourth-order valence-corrected chi connectivity index (χ4v) is 2.56. The van der Waals surface area contributed by atoms with E-state index in [9.17, 15) is 15.0 Å². The van der Waals surface area contributed by atoms with Gasteiger partial charge in [0.05, 0.1) is 18.9 Å². The number of aromatic hydroxyl groups is 1. The first-order chi connectivity index (χ1) is 12.0. The zero-order valence-electron chi connectivity index (χ0n) is 14.4. The van der Waals surface area contributed by atoms with Crippen LogP contribution in [0.4, 0.5) is 5.69 Å². The van der Waals surface area contributed by atoms with Crippen LogP contribution in [-0.2, 0) is 11.2 Å². The van der Waals surface area contributed by atoms with Crippen molar-refractivity contribution in [2.75, 3.05) is 19.0 Å². The standard InChI is InChI=1S/C19H24N2O4/c1-13(9-14-3-6-16(25-2)7-4-14)20-11-19(24)15-5-8-18(23)17(10-15)21-12-22/h3-8,10,12-13,19-20,23-24H,9,11H2,1-2H3,(H,21,22)/t13-,19?/m1/s1. The maximum absolute atomic E-state index is 10.5. The third kappa shape index (κ3) is 5.48. The van der Waals surface area contributed by atoms with Crippen LogP contribution in [0.5, 0.6) is 11.5 Å². The van der Waals surface area contributed by atoms with Crippen LogP contribution in [0.1, 0.15) is 24.2 Å². The van der Waals surface area contributed by atoms with Gasteiger partial charge in [-0.15, -0.1) is 0 Å². The lowest BCUT2D eigenvalue weighted by atomic mass is 10.1. The monoisotopic (exact) mass is 344 g/mol. The fraction of sp³-hybridized carbons (Fsp3) is 0.316. The van der Waals surface area contributed by atoms with Crippen molar-refractivity contribution < 1.29 is 19.7 Å². The van der Waals surface area contributed by atoms with Crippen molar-refractivity contribution in [3.05, 3.63) is 53.6 Å². The smallest absolute Gasteiger partial charge is 0.211 e. The Kier molecular flexibility index (Phi) is 6.80. The molecule has 2 aromatic carbocycles. The summed E-state index contributed by atoms with van der Waals surface area (Å²) in [5, 5.41) is 25.6. The highest BCUT2D eigenvalue weighted by Gasteiger charge is 2.12. The summed E-state index contributed by atoms with van der Waals surface area (Å²) in [5.74, 6) is 0.788. The minimum atomic E-state index is -0.744. The summed E-state index contributed by atoms with van der Waals surface area (Å²) in [4.78, 5) is 10.5. The minimum absolute atomic E-state index is 0.0381. The molecule has 0 aliphatic rings. The van der Waals surface area contributed by atoms with Crippen molar-refractivity contribution in [2.24, 2.45) is 0 Å². The molecule has 1 unspecified atom stereocenters. The van der Waals surface area contributed by atoms with Crippen LogP contribution in [-0.4, -0.2) is 36.3 Å². The van der Waals surface area contributed by atoms with Crippen molar-refractivity contribution in [3.63, 3.8) is 0 Å². The Labute approximate surface area is 147 Å². The minimum Gasteiger partial charge on any atom is -0.506 e. The van der Waals surface area contributed by atoms with Crippen molar-refractivity contribution in [1.29, 1.82) is 0 Å². The first kappa shape index (κ1) is 18.8. The van der Waals surface area contributed by atoms with E-state index in [4.69, 9.17) is 4.74 Å². The maximum Gasteiger partial charge on any atom is 0.211 e. The van der Waals surface area contributed by atoms with Crippen LogP contribution >= 0.6 is 0 Å². The molecule has 0 fully saturated rings. The summed E-state index contributed by atoms with van der Waals surface area (Å²) < 4.78 is 5.14. The van der Waals surface area contributed by atoms with Gasteiger partial charge in [-0.05, 0) is 48.7 Å². The first-order valence-corrected chi connectivity index (χ1v) is 8.11. The van der Waals surface area contributed by atoms with Crippen LogP contribution in [0.3, 0.4) is 0 Å². The molecule has 0 saturated carbocycles. The lowest BCUT2D eigenvalue weighted by Gasteiger charge is -2.18. The highest BCUT2D eigenvalue weighted by Crippen LogP contribution is 2.26. The Morgan fingerprint density at radius 2 is 1.92 bits per heavy atom. The number of aliphatic hydroxyl groups is 1. The second kappa shape index (κ2) is 9.05. The maximum atomic E-state index is 10.5. The normalized spacial score (nSPS) is 13.1. The van der Waals surface area contributed by atoms with Crippen LogP contribution in [0.25, 0.3) is 0 Å². The lowest BCUT2D eigenvalue weighted by Crippen LogP contribution is -2.32. The molecule has 0 aliphatic heterocycles. The van der Waals surface area contributed by atoms with Gasteiger partial charge in [-0.3, -0.25) is 4.79 Å². The summed E-state index contributed by atoms with van der Waals surface area (Å²) in [6.07, 6.45) is 0.566. The van der Waals surface area contributed by atoms with Gasteiger partial charge in [0.2, 0.25) is 6.41 Å². The van der Waals surface area contributed by atoms with E-state index >= 15 is 0 Å². The zero-order valence-corrected chi connectivity index (χ0v) is 14.4. The van der Waals surface area contributed by atoms with Gasteiger partial charge in [-0.1, -0.05) is 18.2 Å². The molecular weight excluding hydrogens is 320 g/mol. The van der Waals surface area contributed by atoms with E-state index in [-0.39, 0.29) is 17.5 Å². The van der Waals surface area contributed by atoms with Gasteiger partial charge in [0.25, 0.3) is 0 Å². The van der Waals surface area contributed by atoms with Crippen molar-refractivity contribution in [2.45, 2.75) is 25.5 Å². The van der Waals surface area contributed by atoms with Gasteiger partial charge in [-0.2, -0.15) is 0 Å². The van der Waals surface area contributed by atoms with E-state index in [2.05, 4.69) is 10.6 Å². The summed E-state index contributed by atoms with van der Waals surface area (Å²) >= 11 is 0. The van der Waals surface area contributed by atoms with Crippen molar-refractivity contribution in [1.82, 2.24) is 5.32 Å². The Bertz CT molecular complexity index is 688. The summed E-state index contributed by atoms with van der Waals surface area (Å²) in [6, 6.07) is 12.7. The summed E-state index contributed by atoms with van der Waals surface area (Å²) in [7, 11) is 1.64. The first-order valence-electron chi connectivity index (χ1n) is 8.11. The number of ether oxygens (including phenoxy) is 1. The number of benzene rings is 2. The molecule has 2 atom stereocenters. The van der Waals surface area contributed by atoms with Gasteiger partial charge in [-0.25, -0.2) is 0 Å².